The van der Waals surface area contributed by atoms with E-state index < -0.39 is 6.09 Å². The number of aromatic nitrogens is 2. The van der Waals surface area contributed by atoms with Gasteiger partial charge in [-0.1, -0.05) is 34.1 Å². The summed E-state index contributed by atoms with van der Waals surface area (Å²) in [6, 6.07) is 14.9. The highest BCUT2D eigenvalue weighted by molar-refractivity contribution is 9.11. The van der Waals surface area contributed by atoms with Crippen LogP contribution in [0.4, 0.5) is 4.79 Å². The van der Waals surface area contributed by atoms with E-state index in [2.05, 4.69) is 41.8 Å². The molecule has 8 nitrogen and oxygen atoms in total. The molecule has 0 atom stereocenters. The number of amides is 2. The van der Waals surface area contributed by atoms with E-state index in [0.29, 0.717) is 47.6 Å². The first-order valence-corrected chi connectivity index (χ1v) is 12.2. The number of fused-ring (bicyclic) bond motifs is 2. The minimum atomic E-state index is -0.459. The summed E-state index contributed by atoms with van der Waals surface area (Å²) in [6.45, 7) is 1.60. The highest BCUT2D eigenvalue weighted by Crippen LogP contribution is 2.36. The van der Waals surface area contributed by atoms with Crippen molar-refractivity contribution in [2.75, 3.05) is 26.2 Å². The number of phenols is 1. The van der Waals surface area contributed by atoms with Gasteiger partial charge in [-0.15, -0.1) is 0 Å². The average Bonchev–Trinajstić information content (AvgIpc) is 3.30. The minimum absolute atomic E-state index is 0.0213. The smallest absolute Gasteiger partial charge is 0.410 e. The van der Waals surface area contributed by atoms with Crippen LogP contribution in [0.5, 0.6) is 5.75 Å². The van der Waals surface area contributed by atoms with Crippen molar-refractivity contribution >= 4 is 65.7 Å². The lowest BCUT2D eigenvalue weighted by atomic mass is 10.2. The van der Waals surface area contributed by atoms with Crippen molar-refractivity contribution in [2.24, 2.45) is 0 Å². The van der Waals surface area contributed by atoms with Gasteiger partial charge in [-0.05, 0) is 46.3 Å². The number of pyridine rings is 1. The van der Waals surface area contributed by atoms with Crippen LogP contribution in [0.1, 0.15) is 16.2 Å². The van der Waals surface area contributed by atoms with Crippen molar-refractivity contribution in [1.82, 2.24) is 19.8 Å². The number of phenolic OH excluding ortho intramolecular Hbond substituents is 1. The molecule has 1 saturated heterocycles. The summed E-state index contributed by atoms with van der Waals surface area (Å²) in [5.41, 5.74) is 2.40. The second-order valence-electron chi connectivity index (χ2n) is 7.99. The number of ether oxygens (including phenoxy) is 1. The zero-order valence-electron chi connectivity index (χ0n) is 17.9. The van der Waals surface area contributed by atoms with Crippen molar-refractivity contribution in [2.45, 2.75) is 6.61 Å². The van der Waals surface area contributed by atoms with E-state index in [9.17, 15) is 14.7 Å². The Morgan fingerprint density at radius 3 is 2.50 bits per heavy atom. The van der Waals surface area contributed by atoms with Gasteiger partial charge in [-0.2, -0.15) is 0 Å². The molecule has 1 aliphatic heterocycles. The molecular formula is C24H20Br2N4O4. The molecule has 10 heteroatoms. The molecular weight excluding hydrogens is 568 g/mol. The Balaban J connectivity index is 1.18. The fourth-order valence-corrected chi connectivity index (χ4v) is 5.27. The van der Waals surface area contributed by atoms with Crippen LogP contribution in [0, 0.1) is 0 Å². The van der Waals surface area contributed by atoms with E-state index >= 15 is 0 Å². The lowest BCUT2D eigenvalue weighted by Crippen LogP contribution is -2.50. The number of hydrogen-bond acceptors (Lipinski definition) is 5. The lowest BCUT2D eigenvalue weighted by Gasteiger charge is -2.33. The fourth-order valence-electron chi connectivity index (χ4n) is 4.00. The molecule has 1 aliphatic rings. The molecule has 2 amide bonds. The molecule has 34 heavy (non-hydrogen) atoms. The van der Waals surface area contributed by atoms with Gasteiger partial charge in [0.1, 0.15) is 17.8 Å². The number of aromatic hydroxyl groups is 1. The summed E-state index contributed by atoms with van der Waals surface area (Å²) in [5, 5.41) is 12.0. The highest BCUT2D eigenvalue weighted by atomic mass is 79.9. The quantitative estimate of drug-likeness (QED) is 0.350. The molecule has 0 radical (unpaired) electrons. The normalized spacial score (nSPS) is 14.1. The number of H-pyrrole nitrogens is 1. The number of carbonyl (C=O) groups excluding carboxylic acids is 2. The van der Waals surface area contributed by atoms with Gasteiger partial charge < -0.3 is 24.6 Å². The first kappa shape index (κ1) is 22.7. The van der Waals surface area contributed by atoms with Crippen LogP contribution in [0.15, 0.2) is 57.5 Å². The maximum absolute atomic E-state index is 12.9. The summed E-state index contributed by atoms with van der Waals surface area (Å²) in [4.78, 5) is 36.4. The first-order chi connectivity index (χ1) is 16.4. The standard InChI is InChI=1S/C24H20Br2N4O4/c25-17-12-18(26)22(31)21-16(17)6-5-15(27-21)13-34-24(33)30-9-7-29(8-10-30)23(32)20-11-14-3-1-2-4-19(14)28-20/h1-6,11-12,28,31H,7-10,13H2. The number of para-hydroxylation sites is 1. The molecule has 0 spiro atoms. The summed E-state index contributed by atoms with van der Waals surface area (Å²) in [6.07, 6.45) is -0.459. The molecule has 0 aliphatic carbocycles. The number of piperazine rings is 1. The predicted molar refractivity (Wildman–Crippen MR) is 135 cm³/mol. The van der Waals surface area contributed by atoms with Crippen LogP contribution in [0.3, 0.4) is 0 Å². The Morgan fingerprint density at radius 1 is 1.00 bits per heavy atom. The molecule has 3 heterocycles. The first-order valence-electron chi connectivity index (χ1n) is 10.7. The van der Waals surface area contributed by atoms with Gasteiger partial charge in [0.2, 0.25) is 0 Å². The Bertz CT molecular complexity index is 1380. The van der Waals surface area contributed by atoms with Gasteiger partial charge in [0.15, 0.2) is 5.75 Å². The molecule has 4 aromatic rings. The molecule has 2 aromatic heterocycles. The van der Waals surface area contributed by atoms with E-state index in [4.69, 9.17) is 4.74 Å². The van der Waals surface area contributed by atoms with Crippen LogP contribution in [0.2, 0.25) is 0 Å². The third-order valence-electron chi connectivity index (χ3n) is 5.84. The third kappa shape index (κ3) is 4.35. The Labute approximate surface area is 211 Å². The topological polar surface area (TPSA) is 98.8 Å². The molecule has 0 bridgehead atoms. The van der Waals surface area contributed by atoms with Crippen LogP contribution in [0.25, 0.3) is 21.8 Å². The molecule has 174 valence electrons. The van der Waals surface area contributed by atoms with Crippen molar-refractivity contribution in [3.8, 4) is 5.75 Å². The van der Waals surface area contributed by atoms with Crippen molar-refractivity contribution in [3.05, 3.63) is 68.9 Å². The third-order valence-corrected chi connectivity index (χ3v) is 7.10. The van der Waals surface area contributed by atoms with Gasteiger partial charge in [-0.3, -0.25) is 4.79 Å². The zero-order valence-corrected chi connectivity index (χ0v) is 21.1. The highest BCUT2D eigenvalue weighted by Gasteiger charge is 2.26. The molecule has 2 N–H and O–H groups in total. The SMILES string of the molecule is O=C(OCc1ccc2c(Br)cc(Br)c(O)c2n1)N1CCN(C(=O)c2cc3ccccc3[nH]2)CC1. The summed E-state index contributed by atoms with van der Waals surface area (Å²) >= 11 is 6.76. The number of nitrogens with one attached hydrogen (secondary N) is 1. The monoisotopic (exact) mass is 586 g/mol. The second kappa shape index (κ2) is 9.27. The largest absolute Gasteiger partial charge is 0.505 e. The lowest BCUT2D eigenvalue weighted by molar-refractivity contribution is 0.0538. The summed E-state index contributed by atoms with van der Waals surface area (Å²) in [7, 11) is 0. The van der Waals surface area contributed by atoms with Crippen molar-refractivity contribution < 1.29 is 19.4 Å². The van der Waals surface area contributed by atoms with Gasteiger partial charge in [-0.25, -0.2) is 9.78 Å². The molecule has 2 aromatic carbocycles. The zero-order chi connectivity index (χ0) is 23.8. The fraction of sp³-hybridized carbons (Fsp3) is 0.208. The molecule has 5 rings (SSSR count). The Morgan fingerprint density at radius 2 is 1.74 bits per heavy atom. The summed E-state index contributed by atoms with van der Waals surface area (Å²) < 4.78 is 6.76. The maximum Gasteiger partial charge on any atom is 0.410 e. The predicted octanol–water partition coefficient (Wildman–Crippen LogP) is 5.04. The number of rotatable bonds is 3. The van der Waals surface area contributed by atoms with Gasteiger partial charge in [0, 0.05) is 46.9 Å². The van der Waals surface area contributed by atoms with E-state index in [1.807, 2.05) is 36.4 Å². The van der Waals surface area contributed by atoms with E-state index in [0.717, 1.165) is 20.8 Å². The Hall–Kier alpha value is -3.11. The average molecular weight is 588 g/mol. The van der Waals surface area contributed by atoms with Crippen molar-refractivity contribution in [3.63, 3.8) is 0 Å². The van der Waals surface area contributed by atoms with Crippen LogP contribution in [-0.4, -0.2) is 63.1 Å². The number of benzene rings is 2. The van der Waals surface area contributed by atoms with E-state index in [1.54, 1.807) is 21.9 Å². The van der Waals surface area contributed by atoms with Gasteiger partial charge in [0.05, 0.1) is 10.2 Å². The minimum Gasteiger partial charge on any atom is -0.505 e. The number of halogens is 2. The van der Waals surface area contributed by atoms with Crippen LogP contribution < -0.4 is 0 Å². The van der Waals surface area contributed by atoms with E-state index in [-0.39, 0.29) is 18.3 Å². The van der Waals surface area contributed by atoms with Crippen molar-refractivity contribution in [1.29, 1.82) is 0 Å². The molecule has 1 fully saturated rings. The van der Waals surface area contributed by atoms with E-state index in [1.165, 1.54) is 0 Å². The number of aromatic amines is 1. The molecule has 0 saturated carbocycles. The van der Waals surface area contributed by atoms with Crippen LogP contribution >= 0.6 is 31.9 Å². The van der Waals surface area contributed by atoms with Gasteiger partial charge >= 0.3 is 6.09 Å². The van der Waals surface area contributed by atoms with Gasteiger partial charge in [0.25, 0.3) is 5.91 Å². The maximum atomic E-state index is 12.9. The number of carbonyl (C=O) groups is 2. The molecule has 0 unspecified atom stereocenters. The Kier molecular flexibility index (Phi) is 6.18. The van der Waals surface area contributed by atoms with Crippen LogP contribution in [-0.2, 0) is 11.3 Å². The second-order valence-corrected chi connectivity index (χ2v) is 9.70. The summed E-state index contributed by atoms with van der Waals surface area (Å²) in [5.74, 6) is -0.0520. The number of hydrogen-bond donors (Lipinski definition) is 2. The number of nitrogens with zero attached hydrogens (tertiary/aromatic N) is 3.